The number of hydrogen-bond acceptors (Lipinski definition) is 4. The van der Waals surface area contributed by atoms with Gasteiger partial charge in [-0.1, -0.05) is 30.3 Å². The molecule has 0 aliphatic heterocycles. The van der Waals surface area contributed by atoms with Crippen molar-refractivity contribution in [2.75, 3.05) is 6.61 Å². The maximum Gasteiger partial charge on any atom is 0.302 e. The van der Waals surface area contributed by atoms with Gasteiger partial charge in [-0.05, 0) is 42.0 Å². The molecule has 0 spiro atoms. The van der Waals surface area contributed by atoms with Gasteiger partial charge in [0.25, 0.3) is 5.56 Å². The molecule has 37 heavy (non-hydrogen) atoms. The van der Waals surface area contributed by atoms with Gasteiger partial charge >= 0.3 is 5.97 Å². The van der Waals surface area contributed by atoms with Crippen LogP contribution in [-0.2, 0) is 23.0 Å². The SMILES string of the molecule is CC(=O)OCCc1c(C(c2cc(F)ccc2F)c2c(O)c3ccccc3n(C)c2=O)[nH]c2ccccc12. The molecule has 5 rings (SSSR count). The normalized spacial score (nSPS) is 12.2. The summed E-state index contributed by atoms with van der Waals surface area (Å²) in [5.74, 6) is -3.35. The second-order valence-electron chi connectivity index (χ2n) is 8.90. The van der Waals surface area contributed by atoms with Crippen LogP contribution in [-0.4, -0.2) is 27.2 Å². The molecule has 0 saturated carbocycles. The predicted molar refractivity (Wildman–Crippen MR) is 137 cm³/mol. The zero-order chi connectivity index (χ0) is 26.3. The van der Waals surface area contributed by atoms with Gasteiger partial charge in [0, 0.05) is 47.9 Å². The maximum absolute atomic E-state index is 15.4. The number of aryl methyl sites for hydroxylation is 1. The van der Waals surface area contributed by atoms with Crippen LogP contribution in [0, 0.1) is 11.6 Å². The number of rotatable bonds is 6. The maximum atomic E-state index is 15.4. The highest BCUT2D eigenvalue weighted by Crippen LogP contribution is 2.42. The van der Waals surface area contributed by atoms with E-state index in [-0.39, 0.29) is 29.9 Å². The number of esters is 1. The van der Waals surface area contributed by atoms with E-state index in [1.165, 1.54) is 11.5 Å². The minimum absolute atomic E-state index is 0.0459. The van der Waals surface area contributed by atoms with E-state index in [0.717, 1.165) is 23.6 Å². The third-order valence-corrected chi connectivity index (χ3v) is 6.66. The first-order chi connectivity index (χ1) is 17.8. The summed E-state index contributed by atoms with van der Waals surface area (Å²) in [6, 6.07) is 17.2. The van der Waals surface area contributed by atoms with Gasteiger partial charge in [0.15, 0.2) is 0 Å². The molecule has 0 bridgehead atoms. The summed E-state index contributed by atoms with van der Waals surface area (Å²) in [6.07, 6.45) is 0.251. The number of para-hydroxylation sites is 2. The Hall–Kier alpha value is -4.46. The van der Waals surface area contributed by atoms with Gasteiger partial charge in [0.1, 0.15) is 17.4 Å². The molecule has 1 unspecified atom stereocenters. The lowest BCUT2D eigenvalue weighted by Crippen LogP contribution is -2.26. The minimum Gasteiger partial charge on any atom is -0.507 e. The average molecular weight is 503 g/mol. The Kier molecular flexibility index (Phi) is 6.25. The van der Waals surface area contributed by atoms with Crippen molar-refractivity contribution in [1.82, 2.24) is 9.55 Å². The smallest absolute Gasteiger partial charge is 0.302 e. The molecule has 2 N–H and O–H groups in total. The number of fused-ring (bicyclic) bond motifs is 2. The number of pyridine rings is 1. The molecule has 0 amide bonds. The van der Waals surface area contributed by atoms with Crippen LogP contribution >= 0.6 is 0 Å². The zero-order valence-corrected chi connectivity index (χ0v) is 20.2. The molecule has 0 aliphatic rings. The molecule has 5 aromatic rings. The van der Waals surface area contributed by atoms with E-state index in [0.29, 0.717) is 27.7 Å². The Labute approximate surface area is 210 Å². The quantitative estimate of drug-likeness (QED) is 0.309. The fraction of sp³-hybridized carbons (Fsp3) is 0.172. The number of halogens is 2. The van der Waals surface area contributed by atoms with Crippen molar-refractivity contribution in [1.29, 1.82) is 0 Å². The standard InChI is InChI=1S/C29H24F2N2O4/c1-16(34)37-14-13-19-18-7-3-5-9-23(18)32-27(19)25(21-15-17(30)11-12-22(21)31)26-28(35)20-8-4-6-10-24(20)33(2)29(26)36/h3-12,15,25,32,35H,13-14H2,1-2H3. The van der Waals surface area contributed by atoms with E-state index in [2.05, 4.69) is 4.98 Å². The lowest BCUT2D eigenvalue weighted by molar-refractivity contribution is -0.140. The number of carbonyl (C=O) groups is 1. The van der Waals surface area contributed by atoms with Crippen LogP contribution in [0.3, 0.4) is 0 Å². The average Bonchev–Trinajstić information content (AvgIpc) is 3.25. The lowest BCUT2D eigenvalue weighted by Gasteiger charge is -2.22. The summed E-state index contributed by atoms with van der Waals surface area (Å²) in [5, 5.41) is 12.6. The van der Waals surface area contributed by atoms with Gasteiger partial charge < -0.3 is 19.4 Å². The van der Waals surface area contributed by atoms with Gasteiger partial charge in [-0.2, -0.15) is 0 Å². The van der Waals surface area contributed by atoms with Crippen molar-refractivity contribution < 1.29 is 23.4 Å². The summed E-state index contributed by atoms with van der Waals surface area (Å²) in [4.78, 5) is 28.4. The van der Waals surface area contributed by atoms with Gasteiger partial charge in [0.2, 0.25) is 0 Å². The monoisotopic (exact) mass is 502 g/mol. The number of nitrogens with zero attached hydrogens (tertiary/aromatic N) is 1. The summed E-state index contributed by atoms with van der Waals surface area (Å²) in [5.41, 5.74) is 1.53. The first kappa shape index (κ1) is 24.2. The number of aromatic nitrogens is 2. The molecular weight excluding hydrogens is 478 g/mol. The van der Waals surface area contributed by atoms with Crippen LogP contribution < -0.4 is 5.56 Å². The number of aromatic amines is 1. The van der Waals surface area contributed by atoms with Crippen molar-refractivity contribution in [3.8, 4) is 5.75 Å². The molecule has 8 heteroatoms. The molecule has 0 aliphatic carbocycles. The molecule has 2 heterocycles. The van der Waals surface area contributed by atoms with E-state index in [1.807, 2.05) is 24.3 Å². The van der Waals surface area contributed by atoms with E-state index in [4.69, 9.17) is 4.74 Å². The third-order valence-electron chi connectivity index (χ3n) is 6.66. The lowest BCUT2D eigenvalue weighted by atomic mass is 9.84. The largest absolute Gasteiger partial charge is 0.507 e. The number of aromatic hydroxyl groups is 1. The minimum atomic E-state index is -1.18. The van der Waals surface area contributed by atoms with Gasteiger partial charge in [-0.3, -0.25) is 9.59 Å². The van der Waals surface area contributed by atoms with Crippen molar-refractivity contribution >= 4 is 27.8 Å². The van der Waals surface area contributed by atoms with Crippen LogP contribution in [0.25, 0.3) is 21.8 Å². The highest BCUT2D eigenvalue weighted by molar-refractivity contribution is 5.88. The van der Waals surface area contributed by atoms with Crippen molar-refractivity contribution in [3.05, 3.63) is 111 Å². The first-order valence-corrected chi connectivity index (χ1v) is 11.8. The van der Waals surface area contributed by atoms with E-state index < -0.39 is 29.1 Å². The second-order valence-corrected chi connectivity index (χ2v) is 8.90. The predicted octanol–water partition coefficient (Wildman–Crippen LogP) is 5.29. The Morgan fingerprint density at radius 3 is 2.51 bits per heavy atom. The number of hydrogen-bond donors (Lipinski definition) is 2. The molecule has 0 fully saturated rings. The molecule has 0 radical (unpaired) electrons. The first-order valence-electron chi connectivity index (χ1n) is 11.8. The van der Waals surface area contributed by atoms with Crippen LogP contribution in [0.15, 0.2) is 71.5 Å². The topological polar surface area (TPSA) is 84.3 Å². The van der Waals surface area contributed by atoms with Gasteiger partial charge in [-0.15, -0.1) is 0 Å². The molecular formula is C29H24F2N2O4. The molecule has 1 atom stereocenters. The number of carbonyl (C=O) groups excluding carboxylic acids is 1. The summed E-state index contributed by atoms with van der Waals surface area (Å²) in [6.45, 7) is 1.35. The van der Waals surface area contributed by atoms with Crippen molar-refractivity contribution in [3.63, 3.8) is 0 Å². The Morgan fingerprint density at radius 2 is 1.76 bits per heavy atom. The number of nitrogens with one attached hydrogen (secondary N) is 1. The summed E-state index contributed by atoms with van der Waals surface area (Å²) in [7, 11) is 1.57. The number of ether oxygens (including phenoxy) is 1. The fourth-order valence-electron chi connectivity index (χ4n) is 4.99. The Bertz CT molecular complexity index is 1720. The molecule has 3 aromatic carbocycles. The van der Waals surface area contributed by atoms with Crippen LogP contribution in [0.5, 0.6) is 5.75 Å². The van der Waals surface area contributed by atoms with Gasteiger partial charge in [-0.25, -0.2) is 8.78 Å². The van der Waals surface area contributed by atoms with E-state index in [1.54, 1.807) is 31.3 Å². The molecule has 188 valence electrons. The Morgan fingerprint density at radius 1 is 1.05 bits per heavy atom. The van der Waals surface area contributed by atoms with Crippen molar-refractivity contribution in [2.24, 2.45) is 7.05 Å². The number of H-pyrrole nitrogens is 1. The van der Waals surface area contributed by atoms with Gasteiger partial charge in [0.05, 0.1) is 23.6 Å². The van der Waals surface area contributed by atoms with Crippen LogP contribution in [0.4, 0.5) is 8.78 Å². The van der Waals surface area contributed by atoms with Crippen LogP contribution in [0.2, 0.25) is 0 Å². The van der Waals surface area contributed by atoms with Crippen molar-refractivity contribution in [2.45, 2.75) is 19.3 Å². The second kappa shape index (κ2) is 9.54. The zero-order valence-electron chi connectivity index (χ0n) is 20.2. The highest BCUT2D eigenvalue weighted by atomic mass is 19.1. The number of benzene rings is 3. The molecule has 6 nitrogen and oxygen atoms in total. The van der Waals surface area contributed by atoms with Crippen LogP contribution in [0.1, 0.15) is 35.2 Å². The fourth-order valence-corrected chi connectivity index (χ4v) is 4.99. The summed E-state index contributed by atoms with van der Waals surface area (Å²) >= 11 is 0. The third kappa shape index (κ3) is 4.24. The summed E-state index contributed by atoms with van der Waals surface area (Å²) < 4.78 is 36.4. The molecule has 2 aromatic heterocycles. The molecule has 0 saturated heterocycles. The highest BCUT2D eigenvalue weighted by Gasteiger charge is 2.32. The Balaban J connectivity index is 1.87. The van der Waals surface area contributed by atoms with E-state index in [9.17, 15) is 19.1 Å². The van der Waals surface area contributed by atoms with E-state index >= 15 is 4.39 Å².